The lowest BCUT2D eigenvalue weighted by Gasteiger charge is -2.23. The van der Waals surface area contributed by atoms with E-state index in [2.05, 4.69) is 13.5 Å². The van der Waals surface area contributed by atoms with Gasteiger partial charge in [-0.3, -0.25) is 4.79 Å². The van der Waals surface area contributed by atoms with Gasteiger partial charge < -0.3 is 9.64 Å². The number of nitrogens with zero attached hydrogens (tertiary/aromatic N) is 1. The number of rotatable bonds is 5. The second-order valence-corrected chi connectivity index (χ2v) is 5.47. The smallest absolute Gasteiger partial charge is 0.254 e. The van der Waals surface area contributed by atoms with Gasteiger partial charge in [0, 0.05) is 18.2 Å². The molecule has 3 nitrogen and oxygen atoms in total. The summed E-state index contributed by atoms with van der Waals surface area (Å²) in [5, 5.41) is 0. The third-order valence-electron chi connectivity index (χ3n) is 3.70. The second-order valence-electron chi connectivity index (χ2n) is 5.47. The van der Waals surface area contributed by atoms with Crippen LogP contribution in [0.1, 0.15) is 43.5 Å². The Morgan fingerprint density at radius 2 is 2.10 bits per heavy atom. The Kier molecular flexibility index (Phi) is 4.83. The molecule has 0 aromatic heterocycles. The van der Waals surface area contributed by atoms with Crippen molar-refractivity contribution < 1.29 is 9.53 Å². The molecule has 108 valence electrons. The van der Waals surface area contributed by atoms with E-state index in [9.17, 15) is 4.79 Å². The lowest BCUT2D eigenvalue weighted by atomic mass is 10.1. The van der Waals surface area contributed by atoms with Crippen LogP contribution in [-0.2, 0) is 0 Å². The van der Waals surface area contributed by atoms with E-state index in [1.54, 1.807) is 0 Å². The van der Waals surface area contributed by atoms with E-state index < -0.39 is 0 Å². The number of hydrogen-bond donors (Lipinski definition) is 0. The third-order valence-corrected chi connectivity index (χ3v) is 3.70. The van der Waals surface area contributed by atoms with Crippen LogP contribution in [0.25, 0.3) is 0 Å². The summed E-state index contributed by atoms with van der Waals surface area (Å²) in [7, 11) is 0. The number of ether oxygens (including phenoxy) is 1. The van der Waals surface area contributed by atoms with Crippen LogP contribution in [0.2, 0.25) is 0 Å². The summed E-state index contributed by atoms with van der Waals surface area (Å²) in [6.07, 6.45) is 3.28. The molecule has 2 rings (SSSR count). The molecule has 1 saturated heterocycles. The summed E-state index contributed by atoms with van der Waals surface area (Å²) in [4.78, 5) is 14.5. The van der Waals surface area contributed by atoms with Crippen molar-refractivity contribution in [3.63, 3.8) is 0 Å². The molecule has 0 radical (unpaired) electrons. The van der Waals surface area contributed by atoms with Gasteiger partial charge in [-0.05, 0) is 56.0 Å². The van der Waals surface area contributed by atoms with Crippen LogP contribution >= 0.6 is 0 Å². The zero-order valence-corrected chi connectivity index (χ0v) is 12.4. The van der Waals surface area contributed by atoms with Crippen molar-refractivity contribution in [2.24, 2.45) is 0 Å². The molecule has 20 heavy (non-hydrogen) atoms. The number of benzene rings is 1. The van der Waals surface area contributed by atoms with E-state index in [4.69, 9.17) is 4.74 Å². The summed E-state index contributed by atoms with van der Waals surface area (Å²) in [5.74, 6) is 0.916. The quantitative estimate of drug-likeness (QED) is 0.766. The van der Waals surface area contributed by atoms with E-state index in [1.165, 1.54) is 0 Å². The number of amides is 1. The molecular weight excluding hydrogens is 250 g/mol. The molecule has 0 unspecified atom stereocenters. The molecule has 0 spiro atoms. The van der Waals surface area contributed by atoms with Crippen molar-refractivity contribution in [3.8, 4) is 5.75 Å². The SMILES string of the molecule is C=C(C)COc1ccc(C(=O)N2CCC[C@@H]2CC)cc1. The number of likely N-dealkylation sites (tertiary alicyclic amines) is 1. The van der Waals surface area contributed by atoms with Crippen LogP contribution in [0.4, 0.5) is 0 Å². The monoisotopic (exact) mass is 273 g/mol. The molecular formula is C17H23NO2. The highest BCUT2D eigenvalue weighted by Crippen LogP contribution is 2.23. The zero-order valence-electron chi connectivity index (χ0n) is 12.4. The Morgan fingerprint density at radius 1 is 1.40 bits per heavy atom. The Morgan fingerprint density at radius 3 is 2.70 bits per heavy atom. The zero-order chi connectivity index (χ0) is 14.5. The maximum absolute atomic E-state index is 12.5. The van der Waals surface area contributed by atoms with E-state index in [-0.39, 0.29) is 5.91 Å². The number of carbonyl (C=O) groups is 1. The maximum atomic E-state index is 12.5. The normalized spacial score (nSPS) is 18.1. The molecule has 1 aromatic rings. The molecule has 1 aliphatic rings. The predicted molar refractivity (Wildman–Crippen MR) is 81.1 cm³/mol. The van der Waals surface area contributed by atoms with Crippen molar-refractivity contribution in [2.45, 2.75) is 39.2 Å². The van der Waals surface area contributed by atoms with Crippen LogP contribution in [-0.4, -0.2) is 30.0 Å². The van der Waals surface area contributed by atoms with Crippen molar-refractivity contribution in [1.29, 1.82) is 0 Å². The first-order valence-electron chi connectivity index (χ1n) is 7.30. The first-order valence-corrected chi connectivity index (χ1v) is 7.30. The van der Waals surface area contributed by atoms with Gasteiger partial charge in [0.05, 0.1) is 0 Å². The average Bonchev–Trinajstić information content (AvgIpc) is 2.93. The fourth-order valence-corrected chi connectivity index (χ4v) is 2.59. The second kappa shape index (κ2) is 6.60. The summed E-state index contributed by atoms with van der Waals surface area (Å²) >= 11 is 0. The van der Waals surface area contributed by atoms with Crippen LogP contribution < -0.4 is 4.74 Å². The summed E-state index contributed by atoms with van der Waals surface area (Å²) in [6.45, 7) is 9.26. The highest BCUT2D eigenvalue weighted by molar-refractivity contribution is 5.94. The number of carbonyl (C=O) groups excluding carboxylic acids is 1. The maximum Gasteiger partial charge on any atom is 0.254 e. The van der Waals surface area contributed by atoms with Gasteiger partial charge in [0.1, 0.15) is 12.4 Å². The lowest BCUT2D eigenvalue weighted by Crippen LogP contribution is -2.35. The average molecular weight is 273 g/mol. The van der Waals surface area contributed by atoms with Gasteiger partial charge in [-0.15, -0.1) is 0 Å². The molecule has 0 aliphatic carbocycles. The summed E-state index contributed by atoms with van der Waals surface area (Å²) < 4.78 is 5.55. The Bertz CT molecular complexity index is 478. The van der Waals surface area contributed by atoms with Crippen LogP contribution in [0, 0.1) is 0 Å². The van der Waals surface area contributed by atoms with Crippen LogP contribution in [0.15, 0.2) is 36.4 Å². The molecule has 0 N–H and O–H groups in total. The lowest BCUT2D eigenvalue weighted by molar-refractivity contribution is 0.0733. The summed E-state index contributed by atoms with van der Waals surface area (Å²) in [6, 6.07) is 7.81. The van der Waals surface area contributed by atoms with Gasteiger partial charge >= 0.3 is 0 Å². The minimum Gasteiger partial charge on any atom is -0.489 e. The van der Waals surface area contributed by atoms with Crippen molar-refractivity contribution in [1.82, 2.24) is 4.90 Å². The van der Waals surface area contributed by atoms with E-state index in [1.807, 2.05) is 36.1 Å². The molecule has 1 heterocycles. The van der Waals surface area contributed by atoms with Gasteiger partial charge in [0.15, 0.2) is 0 Å². The fraction of sp³-hybridized carbons (Fsp3) is 0.471. The first kappa shape index (κ1) is 14.6. The third kappa shape index (κ3) is 3.41. The van der Waals surface area contributed by atoms with Gasteiger partial charge in [-0.1, -0.05) is 13.5 Å². The van der Waals surface area contributed by atoms with E-state index in [0.717, 1.165) is 42.7 Å². The van der Waals surface area contributed by atoms with E-state index in [0.29, 0.717) is 12.6 Å². The van der Waals surface area contributed by atoms with Crippen molar-refractivity contribution in [3.05, 3.63) is 42.0 Å². The van der Waals surface area contributed by atoms with Crippen LogP contribution in [0.5, 0.6) is 5.75 Å². The minimum absolute atomic E-state index is 0.140. The molecule has 3 heteroatoms. The fourth-order valence-electron chi connectivity index (χ4n) is 2.59. The van der Waals surface area contributed by atoms with Gasteiger partial charge in [-0.2, -0.15) is 0 Å². The Balaban J connectivity index is 2.02. The molecule has 1 fully saturated rings. The molecule has 1 atom stereocenters. The number of hydrogen-bond acceptors (Lipinski definition) is 2. The summed E-state index contributed by atoms with van der Waals surface area (Å²) in [5.41, 5.74) is 1.72. The molecule has 1 amide bonds. The molecule has 0 bridgehead atoms. The van der Waals surface area contributed by atoms with Gasteiger partial charge in [0.2, 0.25) is 0 Å². The highest BCUT2D eigenvalue weighted by atomic mass is 16.5. The van der Waals surface area contributed by atoms with Crippen molar-refractivity contribution in [2.75, 3.05) is 13.2 Å². The largest absolute Gasteiger partial charge is 0.489 e. The van der Waals surface area contributed by atoms with Crippen molar-refractivity contribution >= 4 is 5.91 Å². The topological polar surface area (TPSA) is 29.5 Å². The predicted octanol–water partition coefficient (Wildman–Crippen LogP) is 3.66. The molecule has 1 aromatic carbocycles. The molecule has 1 aliphatic heterocycles. The minimum atomic E-state index is 0.140. The highest BCUT2D eigenvalue weighted by Gasteiger charge is 2.27. The van der Waals surface area contributed by atoms with Gasteiger partial charge in [0.25, 0.3) is 5.91 Å². The Hall–Kier alpha value is -1.77. The molecule has 0 saturated carbocycles. The Labute approximate surface area is 121 Å². The standard InChI is InChI=1S/C17H23NO2/c1-4-15-6-5-11-18(15)17(19)14-7-9-16(10-8-14)20-12-13(2)3/h7-10,15H,2,4-6,11-12H2,1,3H3/t15-/m0/s1. The van der Waals surface area contributed by atoms with Gasteiger partial charge in [-0.25, -0.2) is 0 Å². The first-order chi connectivity index (χ1) is 9.61. The van der Waals surface area contributed by atoms with Crippen LogP contribution in [0.3, 0.4) is 0 Å². The van der Waals surface area contributed by atoms with E-state index >= 15 is 0 Å².